The van der Waals surface area contributed by atoms with Gasteiger partial charge in [0.05, 0.1) is 11.1 Å². The molecule has 0 saturated carbocycles. The molecule has 2 N–H and O–H groups in total. The predicted octanol–water partition coefficient (Wildman–Crippen LogP) is 0.815. The Labute approximate surface area is 113 Å². The van der Waals surface area contributed by atoms with Crippen LogP contribution in [0, 0.1) is 0 Å². The zero-order chi connectivity index (χ0) is 9.14. The van der Waals surface area contributed by atoms with E-state index in [2.05, 4.69) is 0 Å². The van der Waals surface area contributed by atoms with Gasteiger partial charge in [-0.05, 0) is 12.1 Å². The number of carboxylic acid groups (broad SMARTS) is 2. The zero-order valence-electron chi connectivity index (χ0n) is 7.73. The van der Waals surface area contributed by atoms with Gasteiger partial charge < -0.3 is 10.2 Å². The molecule has 5 heteroatoms. The second kappa shape index (κ2) is 5.39. The van der Waals surface area contributed by atoms with E-state index in [0.29, 0.717) is 0 Å². The van der Waals surface area contributed by atoms with Crippen LogP contribution in [0.3, 0.4) is 0 Å². The average Bonchev–Trinajstić information content (AvgIpc) is 2.04. The second-order valence-corrected chi connectivity index (χ2v) is 2.16. The van der Waals surface area contributed by atoms with E-state index in [0.717, 1.165) is 0 Å². The van der Waals surface area contributed by atoms with E-state index < -0.39 is 11.9 Å². The molecule has 0 bridgehead atoms. The van der Waals surface area contributed by atoms with Crippen LogP contribution in [0.2, 0.25) is 0 Å². The number of carbonyl (C=O) groups is 2. The number of hydrogen-bond acceptors (Lipinski definition) is 2. The van der Waals surface area contributed by atoms with Crippen molar-refractivity contribution in [3.05, 3.63) is 35.4 Å². The van der Waals surface area contributed by atoms with Gasteiger partial charge in [0.25, 0.3) is 0 Å². The maximum atomic E-state index is 10.5. The molecule has 0 spiro atoms. The summed E-state index contributed by atoms with van der Waals surface area (Å²) in [5, 5.41) is 17.1. The van der Waals surface area contributed by atoms with E-state index in [9.17, 15) is 9.59 Å². The zero-order valence-corrected chi connectivity index (χ0v) is 10.2. The van der Waals surface area contributed by atoms with Crippen LogP contribution in [0.15, 0.2) is 24.3 Å². The minimum atomic E-state index is -1.23. The number of rotatable bonds is 2. The molecule has 0 radical (unpaired) electrons. The normalized spacial score (nSPS) is 8.62. The molecule has 0 unspecified atom stereocenters. The molecule has 0 amide bonds. The van der Waals surface area contributed by atoms with Gasteiger partial charge in [-0.15, -0.1) is 0 Å². The molecular weight excluding hydrogens is 248 g/mol. The van der Waals surface area contributed by atoms with Crippen molar-refractivity contribution in [2.75, 3.05) is 0 Å². The first-order valence-electron chi connectivity index (χ1n) is 3.18. The van der Waals surface area contributed by atoms with E-state index in [1.165, 1.54) is 24.3 Å². The fourth-order valence-corrected chi connectivity index (χ4v) is 0.856. The molecular formula is C8H7O4Sr+3. The average molecular weight is 255 g/mol. The molecule has 0 aliphatic rings. The first-order valence-corrected chi connectivity index (χ1v) is 3.18. The quantitative estimate of drug-likeness (QED) is 0.766. The third-order valence-electron chi connectivity index (χ3n) is 1.39. The fourth-order valence-electron chi connectivity index (χ4n) is 0.856. The molecule has 0 aliphatic carbocycles. The third-order valence-corrected chi connectivity index (χ3v) is 1.39. The van der Waals surface area contributed by atoms with Gasteiger partial charge in [0.15, 0.2) is 0 Å². The van der Waals surface area contributed by atoms with Crippen molar-refractivity contribution in [3.8, 4) is 0 Å². The minimum absolute atomic E-state index is 0. The van der Waals surface area contributed by atoms with Crippen molar-refractivity contribution in [2.24, 2.45) is 0 Å². The van der Waals surface area contributed by atoms with Gasteiger partial charge >= 0.3 is 58.8 Å². The number of benzene rings is 1. The van der Waals surface area contributed by atoms with E-state index in [1.807, 2.05) is 0 Å². The maximum Gasteiger partial charge on any atom is 2.00 e. The van der Waals surface area contributed by atoms with Crippen LogP contribution in [-0.4, -0.2) is 67.6 Å². The first-order chi connectivity index (χ1) is 5.63. The van der Waals surface area contributed by atoms with Crippen LogP contribution < -0.4 is 0 Å². The topological polar surface area (TPSA) is 74.6 Å². The number of aromatic carboxylic acids is 2. The van der Waals surface area contributed by atoms with Crippen molar-refractivity contribution in [1.29, 1.82) is 0 Å². The Kier molecular flexibility index (Phi) is 5.24. The maximum absolute atomic E-state index is 10.5. The van der Waals surface area contributed by atoms with Gasteiger partial charge in [-0.1, -0.05) is 12.1 Å². The molecule has 0 atom stereocenters. The van der Waals surface area contributed by atoms with Gasteiger partial charge in [-0.25, -0.2) is 9.59 Å². The largest absolute Gasteiger partial charge is 2.00 e. The smallest absolute Gasteiger partial charge is 0.478 e. The third kappa shape index (κ3) is 3.11. The molecule has 62 valence electrons. The molecule has 0 saturated heterocycles. The van der Waals surface area contributed by atoms with Gasteiger partial charge in [-0.2, -0.15) is 0 Å². The summed E-state index contributed by atoms with van der Waals surface area (Å²) in [5.41, 5.74) is -0.380. The second-order valence-electron chi connectivity index (χ2n) is 2.16. The molecule has 1 aromatic carbocycles. The van der Waals surface area contributed by atoms with Crippen LogP contribution >= 0.6 is 0 Å². The van der Waals surface area contributed by atoms with Gasteiger partial charge in [0, 0.05) is 0 Å². The van der Waals surface area contributed by atoms with E-state index in [1.54, 1.807) is 0 Å². The summed E-state index contributed by atoms with van der Waals surface area (Å²) < 4.78 is 0. The number of carboxylic acids is 2. The molecule has 1 aromatic rings. The molecule has 0 aliphatic heterocycles. The Morgan fingerprint density at radius 3 is 1.54 bits per heavy atom. The summed E-state index contributed by atoms with van der Waals surface area (Å²) in [4.78, 5) is 20.9. The molecule has 13 heavy (non-hydrogen) atoms. The van der Waals surface area contributed by atoms with E-state index in [4.69, 9.17) is 10.2 Å². The van der Waals surface area contributed by atoms with Gasteiger partial charge in [0.1, 0.15) is 0 Å². The van der Waals surface area contributed by atoms with Crippen LogP contribution in [-0.2, 0) is 0 Å². The SMILES string of the molecule is O=C(O)c1ccccc1C(=O)O.[H+].[Sr+2]. The van der Waals surface area contributed by atoms with Crippen molar-refractivity contribution in [2.45, 2.75) is 0 Å². The Hall–Kier alpha value is -0.359. The molecule has 0 heterocycles. The van der Waals surface area contributed by atoms with Gasteiger partial charge in [0.2, 0.25) is 0 Å². The Morgan fingerprint density at radius 2 is 1.31 bits per heavy atom. The van der Waals surface area contributed by atoms with Crippen LogP contribution in [0.25, 0.3) is 0 Å². The summed E-state index contributed by atoms with van der Waals surface area (Å²) in [6, 6.07) is 5.48. The molecule has 4 nitrogen and oxygen atoms in total. The predicted molar refractivity (Wildman–Crippen MR) is 47.2 cm³/mol. The van der Waals surface area contributed by atoms with E-state index >= 15 is 0 Å². The summed E-state index contributed by atoms with van der Waals surface area (Å²) >= 11 is 0. The van der Waals surface area contributed by atoms with E-state index in [-0.39, 0.29) is 58.0 Å². The van der Waals surface area contributed by atoms with Crippen molar-refractivity contribution >= 4 is 57.4 Å². The molecule has 0 aromatic heterocycles. The fraction of sp³-hybridized carbons (Fsp3) is 0. The summed E-state index contributed by atoms with van der Waals surface area (Å²) in [5.74, 6) is -2.46. The molecule has 0 fully saturated rings. The monoisotopic (exact) mass is 255 g/mol. The van der Waals surface area contributed by atoms with Crippen LogP contribution in [0.5, 0.6) is 0 Å². The Balaban J connectivity index is 0. The van der Waals surface area contributed by atoms with Gasteiger partial charge in [-0.3, -0.25) is 0 Å². The Bertz CT molecular complexity index is 307. The minimum Gasteiger partial charge on any atom is -0.478 e. The summed E-state index contributed by atoms with van der Waals surface area (Å²) in [6.45, 7) is 0. The van der Waals surface area contributed by atoms with Crippen molar-refractivity contribution in [3.63, 3.8) is 0 Å². The standard InChI is InChI=1S/C8H6O4.Sr/c9-7(10)5-3-1-2-4-6(5)8(11)12;/h1-4H,(H,9,10)(H,11,12);/q;+2/p+1. The van der Waals surface area contributed by atoms with Crippen LogP contribution in [0.4, 0.5) is 0 Å². The molecule has 1 rings (SSSR count). The van der Waals surface area contributed by atoms with Crippen LogP contribution in [0.1, 0.15) is 22.1 Å². The van der Waals surface area contributed by atoms with Crippen molar-refractivity contribution in [1.82, 2.24) is 0 Å². The first kappa shape index (κ1) is 12.6. The Morgan fingerprint density at radius 1 is 1.00 bits per heavy atom. The number of hydrogen-bond donors (Lipinski definition) is 2. The van der Waals surface area contributed by atoms with Crippen molar-refractivity contribution < 1.29 is 21.2 Å². The summed E-state index contributed by atoms with van der Waals surface area (Å²) in [6.07, 6.45) is 0. The summed E-state index contributed by atoms with van der Waals surface area (Å²) in [7, 11) is 0.